The number of halogens is 2. The summed E-state index contributed by atoms with van der Waals surface area (Å²) in [5.74, 6) is -1.77. The molecule has 1 aromatic carbocycles. The molecule has 0 bridgehead atoms. The predicted octanol–water partition coefficient (Wildman–Crippen LogP) is 2.71. The molecular weight excluding hydrogens is 258 g/mol. The van der Waals surface area contributed by atoms with Crippen LogP contribution in [0.4, 0.5) is 20.2 Å². The Morgan fingerprint density at radius 3 is 2.84 bits per heavy atom. The van der Waals surface area contributed by atoms with Gasteiger partial charge in [-0.3, -0.25) is 10.1 Å². The standard InChI is InChI=1S/C12H14F2N2O3/c13-9-4-10(14)12(16(17)18)5-11(9)15-6-8-2-1-3-19-7-8/h4-5,8,15H,1-3,6-7H2. The number of nitrogens with one attached hydrogen (secondary N) is 1. The Labute approximate surface area is 108 Å². The van der Waals surface area contributed by atoms with Crippen molar-refractivity contribution >= 4 is 11.4 Å². The molecule has 1 aliphatic rings. The summed E-state index contributed by atoms with van der Waals surface area (Å²) in [7, 11) is 0. The quantitative estimate of drug-likeness (QED) is 0.676. The summed E-state index contributed by atoms with van der Waals surface area (Å²) in [5.41, 5.74) is -0.789. The third kappa shape index (κ3) is 3.37. The largest absolute Gasteiger partial charge is 0.382 e. The average Bonchev–Trinajstić information content (AvgIpc) is 2.38. The van der Waals surface area contributed by atoms with Crippen LogP contribution in [0.3, 0.4) is 0 Å². The van der Waals surface area contributed by atoms with Crippen LogP contribution in [0.2, 0.25) is 0 Å². The van der Waals surface area contributed by atoms with Crippen LogP contribution in [0.25, 0.3) is 0 Å². The minimum Gasteiger partial charge on any atom is -0.382 e. The van der Waals surface area contributed by atoms with Crippen LogP contribution in [-0.2, 0) is 4.74 Å². The maximum atomic E-state index is 13.5. The van der Waals surface area contributed by atoms with E-state index < -0.39 is 22.2 Å². The van der Waals surface area contributed by atoms with E-state index in [9.17, 15) is 18.9 Å². The molecule has 0 saturated carbocycles. The smallest absolute Gasteiger partial charge is 0.307 e. The third-order valence-corrected chi connectivity index (χ3v) is 3.07. The van der Waals surface area contributed by atoms with Crippen LogP contribution >= 0.6 is 0 Å². The van der Waals surface area contributed by atoms with E-state index in [2.05, 4.69) is 5.32 Å². The Morgan fingerprint density at radius 2 is 2.21 bits per heavy atom. The van der Waals surface area contributed by atoms with Gasteiger partial charge in [0.1, 0.15) is 5.82 Å². The van der Waals surface area contributed by atoms with Gasteiger partial charge in [0.2, 0.25) is 5.82 Å². The number of rotatable bonds is 4. The summed E-state index contributed by atoms with van der Waals surface area (Å²) in [6.07, 6.45) is 1.90. The second kappa shape index (κ2) is 5.92. The molecule has 0 spiro atoms. The monoisotopic (exact) mass is 272 g/mol. The minimum absolute atomic E-state index is 0.0568. The van der Waals surface area contributed by atoms with Crippen molar-refractivity contribution in [2.75, 3.05) is 25.1 Å². The van der Waals surface area contributed by atoms with Crippen LogP contribution < -0.4 is 5.32 Å². The Kier molecular flexibility index (Phi) is 4.26. The van der Waals surface area contributed by atoms with Crippen molar-refractivity contribution in [3.05, 3.63) is 33.9 Å². The van der Waals surface area contributed by atoms with Crippen molar-refractivity contribution in [2.24, 2.45) is 5.92 Å². The van der Waals surface area contributed by atoms with Gasteiger partial charge < -0.3 is 10.1 Å². The lowest BCUT2D eigenvalue weighted by Gasteiger charge is -2.22. The molecule has 1 fully saturated rings. The first-order valence-electron chi connectivity index (χ1n) is 6.03. The van der Waals surface area contributed by atoms with E-state index >= 15 is 0 Å². The molecule has 0 aliphatic carbocycles. The Morgan fingerprint density at radius 1 is 1.42 bits per heavy atom. The summed E-state index contributed by atoms with van der Waals surface area (Å²) in [6, 6.07) is 1.41. The number of hydrogen-bond acceptors (Lipinski definition) is 4. The second-order valence-electron chi connectivity index (χ2n) is 4.50. The number of ether oxygens (including phenoxy) is 1. The molecule has 0 aromatic heterocycles. The first kappa shape index (κ1) is 13.7. The van der Waals surface area contributed by atoms with Crippen LogP contribution in [0.5, 0.6) is 0 Å². The molecule has 1 unspecified atom stereocenters. The second-order valence-corrected chi connectivity index (χ2v) is 4.50. The highest BCUT2D eigenvalue weighted by Gasteiger charge is 2.20. The Bertz CT molecular complexity index is 476. The van der Waals surface area contributed by atoms with Gasteiger partial charge in [0.05, 0.1) is 17.2 Å². The van der Waals surface area contributed by atoms with Crippen molar-refractivity contribution in [3.8, 4) is 0 Å². The summed E-state index contributed by atoms with van der Waals surface area (Å²) >= 11 is 0. The highest BCUT2D eigenvalue weighted by atomic mass is 19.1. The Hall–Kier alpha value is -1.76. The van der Waals surface area contributed by atoms with E-state index in [4.69, 9.17) is 4.74 Å². The third-order valence-electron chi connectivity index (χ3n) is 3.07. The maximum absolute atomic E-state index is 13.5. The molecular formula is C12H14F2N2O3. The zero-order valence-electron chi connectivity index (χ0n) is 10.2. The number of nitro groups is 1. The lowest BCUT2D eigenvalue weighted by molar-refractivity contribution is -0.387. The number of hydrogen-bond donors (Lipinski definition) is 1. The van der Waals surface area contributed by atoms with E-state index in [0.717, 1.165) is 25.5 Å². The van der Waals surface area contributed by atoms with Gasteiger partial charge in [-0.15, -0.1) is 0 Å². The van der Waals surface area contributed by atoms with E-state index in [1.54, 1.807) is 0 Å². The van der Waals surface area contributed by atoms with Gasteiger partial charge in [-0.1, -0.05) is 0 Å². The molecule has 1 N–H and O–H groups in total. The molecule has 0 amide bonds. The fraction of sp³-hybridized carbons (Fsp3) is 0.500. The first-order valence-corrected chi connectivity index (χ1v) is 6.03. The van der Waals surface area contributed by atoms with E-state index in [1.165, 1.54) is 0 Å². The van der Waals surface area contributed by atoms with Crippen molar-refractivity contribution < 1.29 is 18.4 Å². The van der Waals surface area contributed by atoms with Gasteiger partial charge in [-0.2, -0.15) is 4.39 Å². The summed E-state index contributed by atoms with van der Waals surface area (Å²) in [5, 5.41) is 13.4. The number of nitrogens with zero attached hydrogens (tertiary/aromatic N) is 1. The Balaban J connectivity index is 2.06. The summed E-state index contributed by atoms with van der Waals surface area (Å²) < 4.78 is 31.9. The fourth-order valence-electron chi connectivity index (χ4n) is 2.04. The van der Waals surface area contributed by atoms with Crippen molar-refractivity contribution in [1.82, 2.24) is 0 Å². The average molecular weight is 272 g/mol. The molecule has 1 heterocycles. The topological polar surface area (TPSA) is 64.4 Å². The lowest BCUT2D eigenvalue weighted by atomic mass is 10.0. The zero-order chi connectivity index (χ0) is 13.8. The van der Waals surface area contributed by atoms with Crippen LogP contribution in [0.1, 0.15) is 12.8 Å². The van der Waals surface area contributed by atoms with Gasteiger partial charge in [-0.25, -0.2) is 4.39 Å². The van der Waals surface area contributed by atoms with Crippen LogP contribution in [0.15, 0.2) is 12.1 Å². The maximum Gasteiger partial charge on any atom is 0.307 e. The van der Waals surface area contributed by atoms with E-state index in [0.29, 0.717) is 19.2 Å². The predicted molar refractivity (Wildman–Crippen MR) is 65.0 cm³/mol. The van der Waals surface area contributed by atoms with Crippen molar-refractivity contribution in [1.29, 1.82) is 0 Å². The van der Waals surface area contributed by atoms with Crippen molar-refractivity contribution in [3.63, 3.8) is 0 Å². The molecule has 0 radical (unpaired) electrons. The molecule has 1 saturated heterocycles. The van der Waals surface area contributed by atoms with Crippen LogP contribution in [0, 0.1) is 27.7 Å². The lowest BCUT2D eigenvalue weighted by Crippen LogP contribution is -2.24. The van der Waals surface area contributed by atoms with E-state index in [-0.39, 0.29) is 11.6 Å². The highest BCUT2D eigenvalue weighted by molar-refractivity contribution is 5.53. The first-order chi connectivity index (χ1) is 9.08. The minimum atomic E-state index is -1.17. The normalized spacial score (nSPS) is 19.2. The highest BCUT2D eigenvalue weighted by Crippen LogP contribution is 2.25. The summed E-state index contributed by atoms with van der Waals surface area (Å²) in [4.78, 5) is 9.72. The van der Waals surface area contributed by atoms with Gasteiger partial charge >= 0.3 is 5.69 Å². The molecule has 2 rings (SSSR count). The van der Waals surface area contributed by atoms with Crippen molar-refractivity contribution in [2.45, 2.75) is 12.8 Å². The SMILES string of the molecule is O=[N+]([O-])c1cc(NCC2CCCOC2)c(F)cc1F. The zero-order valence-corrected chi connectivity index (χ0v) is 10.2. The number of anilines is 1. The van der Waals surface area contributed by atoms with Gasteiger partial charge in [0.15, 0.2) is 0 Å². The molecule has 104 valence electrons. The molecule has 1 aliphatic heterocycles. The van der Waals surface area contributed by atoms with Crippen LogP contribution in [-0.4, -0.2) is 24.7 Å². The number of nitro benzene ring substituents is 1. The van der Waals surface area contributed by atoms with Gasteiger partial charge in [0, 0.05) is 25.3 Å². The van der Waals surface area contributed by atoms with E-state index in [1.807, 2.05) is 0 Å². The fourth-order valence-corrected chi connectivity index (χ4v) is 2.04. The molecule has 19 heavy (non-hydrogen) atoms. The molecule has 5 nitrogen and oxygen atoms in total. The summed E-state index contributed by atoms with van der Waals surface area (Å²) in [6.45, 7) is 1.75. The van der Waals surface area contributed by atoms with Gasteiger partial charge in [-0.05, 0) is 18.8 Å². The number of benzene rings is 1. The van der Waals surface area contributed by atoms with Gasteiger partial charge in [0.25, 0.3) is 0 Å². The molecule has 1 aromatic rings. The molecule has 1 atom stereocenters. The molecule has 7 heteroatoms.